The lowest BCUT2D eigenvalue weighted by molar-refractivity contribution is -0.137. The predicted molar refractivity (Wildman–Crippen MR) is 86.3 cm³/mol. The number of benzene rings is 2. The van der Waals surface area contributed by atoms with Crippen LogP contribution in [0.2, 0.25) is 0 Å². The zero-order chi connectivity index (χ0) is 16.7. The molecule has 0 unspecified atom stereocenters. The Labute approximate surface area is 134 Å². The number of carbonyl (C=O) groups excluding carboxylic acids is 1. The summed E-state index contributed by atoms with van der Waals surface area (Å²) in [6, 6.07) is 15.8. The van der Waals surface area contributed by atoms with Crippen molar-refractivity contribution in [1.29, 1.82) is 0 Å². The summed E-state index contributed by atoms with van der Waals surface area (Å²) < 4.78 is 5.09. The number of ether oxygens (including phenoxy) is 1. The molecule has 0 aliphatic rings. The molecule has 2 aromatic carbocycles. The molecule has 5 heteroatoms. The van der Waals surface area contributed by atoms with Gasteiger partial charge in [-0.15, -0.1) is 0 Å². The molecule has 0 saturated heterocycles. The minimum absolute atomic E-state index is 0.174. The van der Waals surface area contributed by atoms with E-state index in [4.69, 9.17) is 9.84 Å². The Morgan fingerprint density at radius 3 is 2.30 bits per heavy atom. The topological polar surface area (TPSA) is 75.6 Å². The number of amides is 1. The van der Waals surface area contributed by atoms with Gasteiger partial charge in [0.1, 0.15) is 5.75 Å². The van der Waals surface area contributed by atoms with Crippen molar-refractivity contribution < 1.29 is 19.4 Å². The average molecular weight is 313 g/mol. The van der Waals surface area contributed by atoms with E-state index in [-0.39, 0.29) is 18.7 Å². The summed E-state index contributed by atoms with van der Waals surface area (Å²) in [4.78, 5) is 23.2. The quantitative estimate of drug-likeness (QED) is 0.824. The van der Waals surface area contributed by atoms with Crippen LogP contribution in [0.5, 0.6) is 5.75 Å². The molecule has 0 heterocycles. The normalized spacial score (nSPS) is 11.5. The fourth-order valence-corrected chi connectivity index (χ4v) is 2.29. The Bertz CT molecular complexity index is 652. The molecule has 0 bridgehead atoms. The Kier molecular flexibility index (Phi) is 5.74. The summed E-state index contributed by atoms with van der Waals surface area (Å²) in [5, 5.41) is 11.9. The van der Waals surface area contributed by atoms with Gasteiger partial charge in [0.05, 0.1) is 26.0 Å². The second kappa shape index (κ2) is 7.98. The summed E-state index contributed by atoms with van der Waals surface area (Å²) in [5.41, 5.74) is 1.61. The van der Waals surface area contributed by atoms with Gasteiger partial charge in [0.2, 0.25) is 5.91 Å². The van der Waals surface area contributed by atoms with Crippen LogP contribution in [0.1, 0.15) is 23.6 Å². The van der Waals surface area contributed by atoms with E-state index >= 15 is 0 Å². The molecule has 2 aromatic rings. The Hall–Kier alpha value is -2.82. The summed E-state index contributed by atoms with van der Waals surface area (Å²) in [6.07, 6.45) is 0.0416. The maximum absolute atomic E-state index is 12.2. The molecule has 0 saturated carbocycles. The molecule has 0 fully saturated rings. The Morgan fingerprint density at radius 2 is 1.74 bits per heavy atom. The van der Waals surface area contributed by atoms with Crippen LogP contribution in [0, 0.1) is 0 Å². The van der Waals surface area contributed by atoms with Crippen LogP contribution in [0.15, 0.2) is 54.6 Å². The molecule has 0 radical (unpaired) electrons. The molecule has 0 aliphatic carbocycles. The van der Waals surface area contributed by atoms with E-state index < -0.39 is 12.0 Å². The van der Waals surface area contributed by atoms with Crippen molar-refractivity contribution in [3.8, 4) is 5.75 Å². The predicted octanol–water partition coefficient (Wildman–Crippen LogP) is 2.57. The van der Waals surface area contributed by atoms with Crippen molar-refractivity contribution in [2.75, 3.05) is 7.11 Å². The van der Waals surface area contributed by atoms with Crippen LogP contribution in [0.4, 0.5) is 0 Å². The third-order valence-electron chi connectivity index (χ3n) is 3.44. The molecular formula is C18H19NO4. The van der Waals surface area contributed by atoms with E-state index in [2.05, 4.69) is 5.32 Å². The highest BCUT2D eigenvalue weighted by atomic mass is 16.5. The summed E-state index contributed by atoms with van der Waals surface area (Å²) in [7, 11) is 1.56. The number of aliphatic carboxylic acids is 1. The van der Waals surface area contributed by atoms with Gasteiger partial charge in [0.15, 0.2) is 0 Å². The molecule has 1 amide bonds. The molecule has 1 atom stereocenters. The third kappa shape index (κ3) is 5.14. The van der Waals surface area contributed by atoms with Gasteiger partial charge in [-0.25, -0.2) is 0 Å². The van der Waals surface area contributed by atoms with E-state index in [1.54, 1.807) is 31.4 Å². The summed E-state index contributed by atoms with van der Waals surface area (Å²) in [5.74, 6) is -0.498. The van der Waals surface area contributed by atoms with E-state index in [0.717, 1.165) is 11.1 Å². The van der Waals surface area contributed by atoms with E-state index in [9.17, 15) is 9.59 Å². The third-order valence-corrected chi connectivity index (χ3v) is 3.44. The number of carboxylic acids is 1. The largest absolute Gasteiger partial charge is 0.497 e. The maximum atomic E-state index is 12.2. The molecule has 0 spiro atoms. The smallest absolute Gasteiger partial charge is 0.305 e. The van der Waals surface area contributed by atoms with E-state index in [1.165, 1.54) is 0 Å². The van der Waals surface area contributed by atoms with Gasteiger partial charge in [0.25, 0.3) is 0 Å². The van der Waals surface area contributed by atoms with Crippen molar-refractivity contribution in [1.82, 2.24) is 5.32 Å². The highest BCUT2D eigenvalue weighted by Gasteiger charge is 2.18. The van der Waals surface area contributed by atoms with Crippen LogP contribution in [0.3, 0.4) is 0 Å². The summed E-state index contributed by atoms with van der Waals surface area (Å²) >= 11 is 0. The van der Waals surface area contributed by atoms with Gasteiger partial charge in [-0.1, -0.05) is 42.5 Å². The molecule has 0 aliphatic heterocycles. The van der Waals surface area contributed by atoms with Crippen LogP contribution in [-0.2, 0) is 16.0 Å². The second-order valence-corrected chi connectivity index (χ2v) is 5.15. The number of methoxy groups -OCH3 is 1. The van der Waals surface area contributed by atoms with Crippen LogP contribution >= 0.6 is 0 Å². The highest BCUT2D eigenvalue weighted by molar-refractivity contribution is 5.80. The van der Waals surface area contributed by atoms with Crippen molar-refractivity contribution in [3.05, 3.63) is 65.7 Å². The first-order valence-corrected chi connectivity index (χ1v) is 7.27. The lowest BCUT2D eigenvalue weighted by atomic mass is 10.0. The number of nitrogens with one attached hydrogen (secondary N) is 1. The van der Waals surface area contributed by atoms with Crippen molar-refractivity contribution in [3.63, 3.8) is 0 Å². The van der Waals surface area contributed by atoms with Gasteiger partial charge >= 0.3 is 5.97 Å². The van der Waals surface area contributed by atoms with Gasteiger partial charge in [-0.05, 0) is 23.3 Å². The van der Waals surface area contributed by atoms with E-state index in [1.807, 2.05) is 30.3 Å². The molecule has 120 valence electrons. The first kappa shape index (κ1) is 16.5. The molecule has 2 N–H and O–H groups in total. The molecule has 2 rings (SSSR count). The van der Waals surface area contributed by atoms with Crippen molar-refractivity contribution in [2.45, 2.75) is 18.9 Å². The van der Waals surface area contributed by atoms with Crippen LogP contribution < -0.4 is 10.1 Å². The average Bonchev–Trinajstić information content (AvgIpc) is 2.55. The van der Waals surface area contributed by atoms with Gasteiger partial charge in [-0.2, -0.15) is 0 Å². The highest BCUT2D eigenvalue weighted by Crippen LogP contribution is 2.20. The fourth-order valence-electron chi connectivity index (χ4n) is 2.29. The minimum atomic E-state index is -0.967. The molecular weight excluding hydrogens is 294 g/mol. The number of rotatable bonds is 7. The monoisotopic (exact) mass is 313 g/mol. The molecule has 0 aromatic heterocycles. The Balaban J connectivity index is 2.08. The minimum Gasteiger partial charge on any atom is -0.497 e. The maximum Gasteiger partial charge on any atom is 0.305 e. The standard InChI is InChI=1S/C18H19NO4/c1-23-15-9-7-14(8-10-15)16(12-18(21)22)19-17(20)11-13-5-3-2-4-6-13/h2-10,16H,11-12H2,1H3,(H,19,20)(H,21,22)/t16-/m0/s1. The van der Waals surface area contributed by atoms with Crippen LogP contribution in [0.25, 0.3) is 0 Å². The lowest BCUT2D eigenvalue weighted by Crippen LogP contribution is -2.31. The number of hydrogen-bond acceptors (Lipinski definition) is 3. The van der Waals surface area contributed by atoms with E-state index in [0.29, 0.717) is 5.75 Å². The first-order chi connectivity index (χ1) is 11.1. The first-order valence-electron chi connectivity index (χ1n) is 7.27. The molecule has 5 nitrogen and oxygen atoms in total. The van der Waals surface area contributed by atoms with Gasteiger partial charge in [0, 0.05) is 0 Å². The van der Waals surface area contributed by atoms with Gasteiger partial charge in [-0.3, -0.25) is 9.59 Å². The zero-order valence-corrected chi connectivity index (χ0v) is 12.9. The van der Waals surface area contributed by atoms with Crippen molar-refractivity contribution >= 4 is 11.9 Å². The SMILES string of the molecule is COc1ccc([C@H](CC(=O)O)NC(=O)Cc2ccccc2)cc1. The number of hydrogen-bond donors (Lipinski definition) is 2. The number of carbonyl (C=O) groups is 2. The Morgan fingerprint density at radius 1 is 1.09 bits per heavy atom. The molecule has 23 heavy (non-hydrogen) atoms. The van der Waals surface area contributed by atoms with Crippen molar-refractivity contribution in [2.24, 2.45) is 0 Å². The lowest BCUT2D eigenvalue weighted by Gasteiger charge is -2.18. The fraction of sp³-hybridized carbons (Fsp3) is 0.222. The number of carboxylic acid groups (broad SMARTS) is 1. The second-order valence-electron chi connectivity index (χ2n) is 5.15. The van der Waals surface area contributed by atoms with Crippen LogP contribution in [-0.4, -0.2) is 24.1 Å². The van der Waals surface area contributed by atoms with Gasteiger partial charge < -0.3 is 15.2 Å². The zero-order valence-electron chi connectivity index (χ0n) is 12.9. The summed E-state index contributed by atoms with van der Waals surface area (Å²) in [6.45, 7) is 0.